The van der Waals surface area contributed by atoms with Crippen molar-refractivity contribution in [3.8, 4) is 0 Å². The molecule has 12 heteroatoms. The number of benzene rings is 1. The quantitative estimate of drug-likeness (QED) is 0.0399. The van der Waals surface area contributed by atoms with Crippen molar-refractivity contribution in [1.82, 2.24) is 10.3 Å². The molecule has 1 aromatic rings. The van der Waals surface area contributed by atoms with E-state index in [9.17, 15) is 4.79 Å². The first-order valence-corrected chi connectivity index (χ1v) is 10.4. The summed E-state index contributed by atoms with van der Waals surface area (Å²) in [5.74, 6) is 4.89. The molecule has 0 spiro atoms. The van der Waals surface area contributed by atoms with Gasteiger partial charge in [-0.2, -0.15) is 5.10 Å². The van der Waals surface area contributed by atoms with Crippen LogP contribution in [0.25, 0.3) is 0 Å². The van der Waals surface area contributed by atoms with E-state index in [0.717, 1.165) is 19.1 Å². The Morgan fingerprint density at radius 1 is 1.30 bits per heavy atom. The van der Waals surface area contributed by atoms with Crippen molar-refractivity contribution >= 4 is 35.5 Å². The zero-order valence-electron chi connectivity index (χ0n) is 19.2. The molecule has 13 N–H and O–H groups in total. The second-order valence-electron chi connectivity index (χ2n) is 6.67. The van der Waals surface area contributed by atoms with Crippen LogP contribution in [0.15, 0.2) is 58.5 Å². The van der Waals surface area contributed by atoms with Crippen molar-refractivity contribution in [2.75, 3.05) is 12.5 Å². The summed E-state index contributed by atoms with van der Waals surface area (Å²) in [6, 6.07) is 6.93. The molecule has 0 aliphatic rings. The number of hydrogen-bond acceptors (Lipinski definition) is 10. The van der Waals surface area contributed by atoms with Gasteiger partial charge in [0.15, 0.2) is 0 Å². The van der Waals surface area contributed by atoms with Crippen molar-refractivity contribution in [2.24, 2.45) is 38.9 Å². The number of anilines is 1. The van der Waals surface area contributed by atoms with Crippen LogP contribution >= 0.6 is 0 Å². The number of rotatable bonds is 13. The highest BCUT2D eigenvalue weighted by atomic mass is 16.1. The van der Waals surface area contributed by atoms with Gasteiger partial charge >= 0.3 is 0 Å². The molecule has 0 aromatic heterocycles. The molecular formula is C21H37N11O. The number of primary amides is 1. The zero-order valence-corrected chi connectivity index (χ0v) is 19.2. The third-order valence-corrected chi connectivity index (χ3v) is 4.01. The van der Waals surface area contributed by atoms with E-state index in [4.69, 9.17) is 34.2 Å². The fraction of sp³-hybridized carbons (Fsp3) is 0.333. The minimum atomic E-state index is -0.671. The van der Waals surface area contributed by atoms with Gasteiger partial charge in [0.05, 0.1) is 29.3 Å². The summed E-state index contributed by atoms with van der Waals surface area (Å²) in [6.07, 6.45) is 11.0. The Morgan fingerprint density at radius 3 is 2.61 bits per heavy atom. The Labute approximate surface area is 195 Å². The molecule has 0 saturated heterocycles. The molecular weight excluding hydrogens is 422 g/mol. The van der Waals surface area contributed by atoms with Crippen LogP contribution in [-0.2, 0) is 4.79 Å². The van der Waals surface area contributed by atoms with Gasteiger partial charge < -0.3 is 33.7 Å². The van der Waals surface area contributed by atoms with Crippen molar-refractivity contribution < 1.29 is 4.79 Å². The molecule has 0 radical (unpaired) electrons. The maximum atomic E-state index is 11.3. The largest absolute Gasteiger partial charge is 0.403 e. The van der Waals surface area contributed by atoms with Crippen LogP contribution in [0.4, 0.5) is 11.4 Å². The predicted molar refractivity (Wildman–Crippen MR) is 136 cm³/mol. The van der Waals surface area contributed by atoms with E-state index in [1.165, 1.54) is 36.5 Å². The Kier molecular flexibility index (Phi) is 15.7. The summed E-state index contributed by atoms with van der Waals surface area (Å²) in [4.78, 5) is 15.4. The summed E-state index contributed by atoms with van der Waals surface area (Å²) in [5, 5.41) is 14.7. The third-order valence-electron chi connectivity index (χ3n) is 4.01. The number of hydrogen-bond donors (Lipinski definition) is 8. The van der Waals surface area contributed by atoms with Gasteiger partial charge in [0.2, 0.25) is 0 Å². The summed E-state index contributed by atoms with van der Waals surface area (Å²) < 4.78 is 0. The minimum Gasteiger partial charge on any atom is -0.403 e. The van der Waals surface area contributed by atoms with Gasteiger partial charge in [0.25, 0.3) is 5.91 Å². The molecule has 1 atom stereocenters. The lowest BCUT2D eigenvalue weighted by atomic mass is 10.2. The molecule has 0 fully saturated rings. The number of amidine groups is 1. The van der Waals surface area contributed by atoms with Crippen LogP contribution in [0.5, 0.6) is 0 Å². The molecule has 1 aromatic carbocycles. The van der Waals surface area contributed by atoms with Crippen LogP contribution < -0.4 is 39.5 Å². The highest BCUT2D eigenvalue weighted by Gasteiger charge is 2.09. The first-order chi connectivity index (χ1) is 15.8. The van der Waals surface area contributed by atoms with Crippen molar-refractivity contribution in [2.45, 2.75) is 38.8 Å². The summed E-state index contributed by atoms with van der Waals surface area (Å²) >= 11 is 0. The van der Waals surface area contributed by atoms with Crippen molar-refractivity contribution in [3.05, 3.63) is 48.4 Å². The van der Waals surface area contributed by atoms with Gasteiger partial charge in [-0.25, -0.2) is 10.8 Å². The average Bonchev–Trinajstić information content (AvgIpc) is 2.78. The standard InChI is InChI=1S/C13H17N7O.C8H20N4/c1-17-8-11(13(16)21)12(15)19-9-3-2-4-10(7-9)20-18-6-5-14;1-2-3-4-5-8(10)12(11)7-6-9/h2-8,14,17,20H,1H3,(H2,15,19)(H2,16,21);6-8H,2-5,9-11H2,1H3/b11-8+,14-5?,18-6-;7-6-. The van der Waals surface area contributed by atoms with Gasteiger partial charge in [0.1, 0.15) is 5.84 Å². The maximum absolute atomic E-state index is 11.3. The summed E-state index contributed by atoms with van der Waals surface area (Å²) in [5.41, 5.74) is 25.9. The Morgan fingerprint density at radius 2 is 2.03 bits per heavy atom. The first-order valence-electron chi connectivity index (χ1n) is 10.4. The van der Waals surface area contributed by atoms with E-state index in [1.807, 2.05) is 0 Å². The maximum Gasteiger partial charge on any atom is 0.253 e. The number of amides is 1. The highest BCUT2D eigenvalue weighted by Crippen LogP contribution is 2.18. The molecule has 0 aliphatic heterocycles. The Bertz CT molecular complexity index is 833. The van der Waals surface area contributed by atoms with Crippen LogP contribution in [0, 0.1) is 5.41 Å². The minimum absolute atomic E-state index is 0.0111. The number of unbranched alkanes of at least 4 members (excludes halogenated alkanes) is 2. The number of hydrazine groups is 1. The zero-order chi connectivity index (χ0) is 25.1. The third kappa shape index (κ3) is 13.2. The lowest BCUT2D eigenvalue weighted by molar-refractivity contribution is -0.114. The van der Waals surface area contributed by atoms with Crippen molar-refractivity contribution in [3.63, 3.8) is 0 Å². The predicted octanol–water partition coefficient (Wildman–Crippen LogP) is 0.768. The number of aliphatic imine (C=N–C) groups is 1. The number of carbonyl (C=O) groups is 1. The van der Waals surface area contributed by atoms with E-state index in [-0.39, 0.29) is 17.6 Å². The molecule has 33 heavy (non-hydrogen) atoms. The van der Waals surface area contributed by atoms with E-state index >= 15 is 0 Å². The van der Waals surface area contributed by atoms with Gasteiger partial charge in [-0.3, -0.25) is 15.2 Å². The molecule has 1 amide bonds. The molecule has 182 valence electrons. The molecule has 0 bridgehead atoms. The molecule has 0 saturated carbocycles. The van der Waals surface area contributed by atoms with Crippen LogP contribution in [-0.4, -0.2) is 42.4 Å². The fourth-order valence-corrected chi connectivity index (χ4v) is 2.37. The van der Waals surface area contributed by atoms with E-state index in [0.29, 0.717) is 11.4 Å². The molecule has 0 aliphatic carbocycles. The molecule has 12 nitrogen and oxygen atoms in total. The number of nitrogens with zero attached hydrogens (tertiary/aromatic N) is 3. The number of carbonyl (C=O) groups excluding carboxylic acids is 1. The van der Waals surface area contributed by atoms with Gasteiger partial charge in [-0.15, -0.1) is 0 Å². The van der Waals surface area contributed by atoms with E-state index in [1.54, 1.807) is 37.5 Å². The fourth-order valence-electron chi connectivity index (χ4n) is 2.37. The van der Waals surface area contributed by atoms with Crippen LogP contribution in [0.3, 0.4) is 0 Å². The molecule has 1 unspecified atom stereocenters. The lowest BCUT2D eigenvalue weighted by Gasteiger charge is -2.21. The van der Waals surface area contributed by atoms with Gasteiger partial charge in [-0.05, 0) is 24.6 Å². The number of nitrogens with two attached hydrogens (primary N) is 5. The SMILES string of the molecule is CCCCCC(N)N(N)/C=C\N.CN/C=C(/C(N)=O)C(N)=Nc1cccc(N/N=C\C=N)c1. The van der Waals surface area contributed by atoms with E-state index < -0.39 is 5.91 Å². The number of nitrogens with one attached hydrogen (secondary N) is 3. The topological polar surface area (TPSA) is 223 Å². The van der Waals surface area contributed by atoms with E-state index in [2.05, 4.69) is 27.8 Å². The lowest BCUT2D eigenvalue weighted by Crippen LogP contribution is -2.43. The summed E-state index contributed by atoms with van der Waals surface area (Å²) in [6.45, 7) is 2.16. The van der Waals surface area contributed by atoms with Gasteiger partial charge in [-0.1, -0.05) is 32.3 Å². The molecule has 1 rings (SSSR count). The van der Waals surface area contributed by atoms with Crippen molar-refractivity contribution in [1.29, 1.82) is 5.41 Å². The second-order valence-corrected chi connectivity index (χ2v) is 6.67. The number of hydrazone groups is 1. The Hall–Kier alpha value is -3.90. The Balaban J connectivity index is 0.000000728. The highest BCUT2D eigenvalue weighted by molar-refractivity contribution is 6.20. The second kappa shape index (κ2) is 17.7. The van der Waals surface area contributed by atoms with Crippen LogP contribution in [0.1, 0.15) is 32.6 Å². The van der Waals surface area contributed by atoms with Gasteiger partial charge in [0, 0.05) is 31.9 Å². The monoisotopic (exact) mass is 459 g/mol. The van der Waals surface area contributed by atoms with Crippen LogP contribution in [0.2, 0.25) is 0 Å². The molecule has 0 heterocycles. The normalized spacial score (nSPS) is 12.7. The first kappa shape index (κ1) is 29.1. The smallest absolute Gasteiger partial charge is 0.253 e. The summed E-state index contributed by atoms with van der Waals surface area (Å²) in [7, 11) is 1.63. The average molecular weight is 460 g/mol.